The van der Waals surface area contributed by atoms with Gasteiger partial charge in [-0.05, 0) is 30.2 Å². The third-order valence-electron chi connectivity index (χ3n) is 5.17. The molecule has 7 heteroatoms. The molecule has 0 radical (unpaired) electrons. The van der Waals surface area contributed by atoms with E-state index in [0.717, 1.165) is 12.8 Å². The Kier molecular flexibility index (Phi) is 4.10. The van der Waals surface area contributed by atoms with E-state index in [1.165, 1.54) is 31.2 Å². The Morgan fingerprint density at radius 1 is 1.52 bits per heavy atom. The maximum Gasteiger partial charge on any atom is 0.288 e. The molecule has 2 aliphatic rings. The van der Waals surface area contributed by atoms with Crippen molar-refractivity contribution in [1.29, 1.82) is 0 Å². The monoisotopic (exact) mass is 335 g/mol. The highest BCUT2D eigenvalue weighted by atomic mass is 35.5. The Morgan fingerprint density at radius 2 is 2.30 bits per heavy atom. The Hall–Kier alpha value is -1.95. The first-order chi connectivity index (χ1) is 10.9. The highest BCUT2D eigenvalue weighted by Gasteiger charge is 2.64. The van der Waals surface area contributed by atoms with E-state index in [1.54, 1.807) is 6.07 Å². The number of hydrogen-bond acceptors (Lipinski definition) is 4. The Labute approximate surface area is 139 Å². The van der Waals surface area contributed by atoms with Gasteiger partial charge in [-0.15, -0.1) is 0 Å². The lowest BCUT2D eigenvalue weighted by atomic mass is 9.90. The smallest absolute Gasteiger partial charge is 0.273 e. The first kappa shape index (κ1) is 15.9. The molecule has 122 valence electrons. The van der Waals surface area contributed by atoms with Crippen molar-refractivity contribution in [1.82, 2.24) is 5.43 Å². The molecule has 6 nitrogen and oxygen atoms in total. The molecule has 0 bridgehead atoms. The van der Waals surface area contributed by atoms with Crippen LogP contribution in [0.15, 0.2) is 23.3 Å². The second-order valence-corrected chi connectivity index (χ2v) is 6.95. The summed E-state index contributed by atoms with van der Waals surface area (Å²) >= 11 is 5.75. The number of benzene rings is 1. The zero-order valence-corrected chi connectivity index (χ0v) is 13.5. The van der Waals surface area contributed by atoms with Crippen molar-refractivity contribution in [2.45, 2.75) is 32.6 Å². The van der Waals surface area contributed by atoms with Crippen LogP contribution < -0.4 is 5.43 Å². The first-order valence-corrected chi connectivity index (χ1v) is 8.08. The van der Waals surface area contributed by atoms with Crippen LogP contribution in [0.2, 0.25) is 5.02 Å². The summed E-state index contributed by atoms with van der Waals surface area (Å²) in [6, 6.07) is 4.39. The number of nitro benzene ring substituents is 1. The Morgan fingerprint density at radius 3 is 2.96 bits per heavy atom. The third kappa shape index (κ3) is 2.95. The fourth-order valence-corrected chi connectivity index (χ4v) is 4.03. The molecule has 3 atom stereocenters. The predicted octanol–water partition coefficient (Wildman–Crippen LogP) is 3.52. The number of carbonyl (C=O) groups is 1. The van der Waals surface area contributed by atoms with Gasteiger partial charge < -0.3 is 0 Å². The number of hydrazone groups is 1. The molecule has 1 N–H and O–H groups in total. The molecule has 0 heterocycles. The lowest BCUT2D eigenvalue weighted by molar-refractivity contribution is -0.384. The number of rotatable bonds is 4. The first-order valence-electron chi connectivity index (χ1n) is 7.70. The molecule has 2 aliphatic carbocycles. The van der Waals surface area contributed by atoms with E-state index in [0.29, 0.717) is 11.5 Å². The summed E-state index contributed by atoms with van der Waals surface area (Å²) in [5.41, 5.74) is 3.04. The maximum atomic E-state index is 12.2. The minimum Gasteiger partial charge on any atom is -0.273 e. The third-order valence-corrected chi connectivity index (χ3v) is 5.49. The topological polar surface area (TPSA) is 84.6 Å². The van der Waals surface area contributed by atoms with E-state index in [1.807, 2.05) is 0 Å². The molecule has 0 aromatic heterocycles. The zero-order valence-electron chi connectivity index (χ0n) is 12.8. The number of carbonyl (C=O) groups excluding carboxylic acids is 1. The van der Waals surface area contributed by atoms with Crippen LogP contribution >= 0.6 is 11.6 Å². The van der Waals surface area contributed by atoms with Gasteiger partial charge in [0.05, 0.1) is 11.1 Å². The zero-order chi connectivity index (χ0) is 16.6. The second kappa shape index (κ2) is 5.92. The molecule has 2 fully saturated rings. The van der Waals surface area contributed by atoms with Gasteiger partial charge in [0, 0.05) is 17.5 Å². The minimum absolute atomic E-state index is 0.0432. The highest BCUT2D eigenvalue weighted by molar-refractivity contribution is 6.32. The van der Waals surface area contributed by atoms with E-state index in [9.17, 15) is 14.9 Å². The number of amides is 1. The summed E-state index contributed by atoms with van der Waals surface area (Å²) in [5.74, 6) is 0.462. The molecule has 1 aromatic carbocycles. The van der Waals surface area contributed by atoms with Crippen molar-refractivity contribution in [2.24, 2.45) is 22.4 Å². The molecule has 2 saturated carbocycles. The molecule has 0 aliphatic heterocycles. The molecule has 0 spiro atoms. The molecular formula is C16H18ClN3O3. The number of nitrogens with zero attached hydrogens (tertiary/aromatic N) is 2. The SMILES string of the molecule is C[C@]12CCCC[C@H]1[C@@H]2C(=O)N/N=C\c1ccc(Cl)c([N+](=O)[O-])c1. The van der Waals surface area contributed by atoms with Gasteiger partial charge in [0.2, 0.25) is 5.91 Å². The lowest BCUT2D eigenvalue weighted by Crippen LogP contribution is -2.22. The fourth-order valence-electron chi connectivity index (χ4n) is 3.84. The van der Waals surface area contributed by atoms with Crippen LogP contribution in [0.1, 0.15) is 38.2 Å². The summed E-state index contributed by atoms with van der Waals surface area (Å²) < 4.78 is 0. The van der Waals surface area contributed by atoms with Crippen LogP contribution in [0.25, 0.3) is 0 Å². The van der Waals surface area contributed by atoms with Crippen LogP contribution in [-0.2, 0) is 4.79 Å². The van der Waals surface area contributed by atoms with E-state index in [4.69, 9.17) is 11.6 Å². The number of nitrogens with one attached hydrogen (secondary N) is 1. The molecule has 0 unspecified atom stereocenters. The Bertz CT molecular complexity index is 691. The normalized spacial score (nSPS) is 29.1. The summed E-state index contributed by atoms with van der Waals surface area (Å²) in [4.78, 5) is 22.5. The van der Waals surface area contributed by atoms with Crippen molar-refractivity contribution >= 4 is 29.4 Å². The van der Waals surface area contributed by atoms with Crippen molar-refractivity contribution in [3.63, 3.8) is 0 Å². The summed E-state index contributed by atoms with van der Waals surface area (Å²) in [5, 5.41) is 14.8. The Balaban J connectivity index is 1.62. The van der Waals surface area contributed by atoms with Gasteiger partial charge in [-0.3, -0.25) is 14.9 Å². The standard InChI is InChI=1S/C16H18ClN3O3/c1-16-7-3-2-4-11(16)14(16)15(21)19-18-9-10-5-6-12(17)13(8-10)20(22)23/h5-6,8-9,11,14H,2-4,7H2,1H3,(H,19,21)/b18-9-/t11-,14+,16-/m0/s1. The highest BCUT2D eigenvalue weighted by Crippen LogP contribution is 2.66. The summed E-state index contributed by atoms with van der Waals surface area (Å²) in [7, 11) is 0. The molecule has 1 aromatic rings. The van der Waals surface area contributed by atoms with Crippen molar-refractivity contribution in [3.05, 3.63) is 38.9 Å². The van der Waals surface area contributed by atoms with Crippen molar-refractivity contribution in [3.8, 4) is 0 Å². The van der Waals surface area contributed by atoms with Gasteiger partial charge in [0.1, 0.15) is 5.02 Å². The largest absolute Gasteiger partial charge is 0.288 e. The average molecular weight is 336 g/mol. The molecule has 3 rings (SSSR count). The predicted molar refractivity (Wildman–Crippen MR) is 87.4 cm³/mol. The minimum atomic E-state index is -0.548. The van der Waals surface area contributed by atoms with Gasteiger partial charge >= 0.3 is 0 Å². The van der Waals surface area contributed by atoms with E-state index in [-0.39, 0.29) is 28.0 Å². The van der Waals surface area contributed by atoms with Crippen LogP contribution in [0, 0.1) is 27.4 Å². The van der Waals surface area contributed by atoms with Crippen molar-refractivity contribution in [2.75, 3.05) is 0 Å². The number of halogens is 1. The van der Waals surface area contributed by atoms with E-state index >= 15 is 0 Å². The average Bonchev–Trinajstić information content (AvgIpc) is 3.14. The van der Waals surface area contributed by atoms with Crippen LogP contribution in [0.3, 0.4) is 0 Å². The van der Waals surface area contributed by atoms with Gasteiger partial charge in [0.15, 0.2) is 0 Å². The second-order valence-electron chi connectivity index (χ2n) is 6.54. The molecule has 23 heavy (non-hydrogen) atoms. The van der Waals surface area contributed by atoms with Gasteiger partial charge in [0.25, 0.3) is 5.69 Å². The van der Waals surface area contributed by atoms with Crippen LogP contribution in [0.4, 0.5) is 5.69 Å². The lowest BCUT2D eigenvalue weighted by Gasteiger charge is -2.15. The van der Waals surface area contributed by atoms with Crippen LogP contribution in [0.5, 0.6) is 0 Å². The van der Waals surface area contributed by atoms with Gasteiger partial charge in [-0.2, -0.15) is 5.10 Å². The number of hydrogen-bond donors (Lipinski definition) is 1. The molecule has 0 saturated heterocycles. The summed E-state index contributed by atoms with van der Waals surface area (Å²) in [6.45, 7) is 2.17. The number of nitro groups is 1. The van der Waals surface area contributed by atoms with Crippen molar-refractivity contribution < 1.29 is 9.72 Å². The fraction of sp³-hybridized carbons (Fsp3) is 0.500. The molecular weight excluding hydrogens is 318 g/mol. The maximum absolute atomic E-state index is 12.2. The quantitative estimate of drug-likeness (QED) is 0.519. The van der Waals surface area contributed by atoms with Gasteiger partial charge in [-0.25, -0.2) is 5.43 Å². The van der Waals surface area contributed by atoms with Gasteiger partial charge in [-0.1, -0.05) is 37.4 Å². The number of fused-ring (bicyclic) bond motifs is 1. The van der Waals surface area contributed by atoms with E-state index in [2.05, 4.69) is 17.5 Å². The summed E-state index contributed by atoms with van der Waals surface area (Å²) in [6.07, 6.45) is 6.00. The van der Waals surface area contributed by atoms with E-state index < -0.39 is 4.92 Å². The molecule has 1 amide bonds. The van der Waals surface area contributed by atoms with Crippen LogP contribution in [-0.4, -0.2) is 17.0 Å².